The molecule has 0 aromatic rings. The van der Waals surface area contributed by atoms with E-state index in [1.54, 1.807) is 0 Å². The zero-order valence-corrected chi connectivity index (χ0v) is 13.8. The second-order valence-electron chi connectivity index (χ2n) is 7.31. The molecule has 3 rings (SSSR count). The molecule has 0 bridgehead atoms. The average molecular weight is 295 g/mol. The van der Waals surface area contributed by atoms with Crippen LogP contribution in [-0.4, -0.2) is 74.9 Å². The summed E-state index contributed by atoms with van der Waals surface area (Å²) in [6, 6.07) is 0.837. The van der Waals surface area contributed by atoms with Gasteiger partial charge in [-0.05, 0) is 44.2 Å². The molecule has 21 heavy (non-hydrogen) atoms. The Morgan fingerprint density at radius 3 is 2.81 bits per heavy atom. The van der Waals surface area contributed by atoms with Crippen LogP contribution in [0.4, 0.5) is 0 Å². The van der Waals surface area contributed by atoms with Crippen LogP contribution in [0.1, 0.15) is 39.0 Å². The topological polar surface area (TPSA) is 27.7 Å². The lowest BCUT2D eigenvalue weighted by Gasteiger charge is -2.48. The third-order valence-corrected chi connectivity index (χ3v) is 5.78. The van der Waals surface area contributed by atoms with Gasteiger partial charge in [0.2, 0.25) is 0 Å². The number of hydrogen-bond acceptors (Lipinski definition) is 4. The second kappa shape index (κ2) is 7.40. The van der Waals surface area contributed by atoms with Crippen molar-refractivity contribution < 1.29 is 4.74 Å². The number of hydrogen-bond donors (Lipinski definition) is 1. The molecule has 1 N–H and O–H groups in total. The maximum absolute atomic E-state index is 5.63. The molecule has 0 aliphatic carbocycles. The molecule has 0 aromatic heterocycles. The number of nitrogens with zero attached hydrogens (tertiary/aromatic N) is 2. The maximum Gasteiger partial charge on any atom is 0.0472 e. The summed E-state index contributed by atoms with van der Waals surface area (Å²) in [5.74, 6) is 0. The van der Waals surface area contributed by atoms with E-state index in [0.29, 0.717) is 5.41 Å². The number of fused-ring (bicyclic) bond motifs is 1. The molecule has 3 fully saturated rings. The van der Waals surface area contributed by atoms with Crippen LogP contribution in [-0.2, 0) is 4.74 Å². The highest BCUT2D eigenvalue weighted by molar-refractivity contribution is 4.91. The van der Waals surface area contributed by atoms with Gasteiger partial charge < -0.3 is 10.1 Å². The number of piperazine rings is 1. The summed E-state index contributed by atoms with van der Waals surface area (Å²) >= 11 is 0. The van der Waals surface area contributed by atoms with Crippen molar-refractivity contribution in [3.8, 4) is 0 Å². The largest absolute Gasteiger partial charge is 0.381 e. The summed E-state index contributed by atoms with van der Waals surface area (Å²) in [6.45, 7) is 12.8. The zero-order chi connectivity index (χ0) is 14.5. The fourth-order valence-electron chi connectivity index (χ4n) is 4.42. The summed E-state index contributed by atoms with van der Waals surface area (Å²) in [6.07, 6.45) is 6.72. The minimum atomic E-state index is 0.450. The van der Waals surface area contributed by atoms with Crippen molar-refractivity contribution in [1.82, 2.24) is 15.1 Å². The van der Waals surface area contributed by atoms with Crippen LogP contribution in [0.15, 0.2) is 0 Å². The Hall–Kier alpha value is -0.160. The summed E-state index contributed by atoms with van der Waals surface area (Å²) in [5.41, 5.74) is 0.450. The molecular weight excluding hydrogens is 262 g/mol. The van der Waals surface area contributed by atoms with Gasteiger partial charge in [-0.3, -0.25) is 9.80 Å². The fourth-order valence-corrected chi connectivity index (χ4v) is 4.42. The van der Waals surface area contributed by atoms with Crippen molar-refractivity contribution in [3.05, 3.63) is 0 Å². The van der Waals surface area contributed by atoms with Crippen molar-refractivity contribution in [2.45, 2.75) is 45.1 Å². The van der Waals surface area contributed by atoms with Crippen molar-refractivity contribution in [2.75, 3.05) is 59.0 Å². The molecule has 3 saturated heterocycles. The second-order valence-corrected chi connectivity index (χ2v) is 7.31. The van der Waals surface area contributed by atoms with E-state index in [1.807, 2.05) is 0 Å². The molecule has 1 atom stereocenters. The van der Waals surface area contributed by atoms with E-state index in [9.17, 15) is 0 Å². The standard InChI is InChI=1S/C17H33N3O/c1-2-18-14-17(6-11-21-12-7-17)15-19-9-10-20-8-4-3-5-16(20)13-19/h16,18H,2-15H2,1H3. The molecule has 0 aromatic carbocycles. The van der Waals surface area contributed by atoms with Gasteiger partial charge in [0.1, 0.15) is 0 Å². The Morgan fingerprint density at radius 1 is 1.14 bits per heavy atom. The van der Waals surface area contributed by atoms with E-state index in [4.69, 9.17) is 4.74 Å². The Bertz CT molecular complexity index is 317. The van der Waals surface area contributed by atoms with E-state index in [0.717, 1.165) is 32.3 Å². The first-order valence-electron chi connectivity index (χ1n) is 9.06. The number of rotatable bonds is 5. The van der Waals surface area contributed by atoms with Gasteiger partial charge in [-0.25, -0.2) is 0 Å². The highest BCUT2D eigenvalue weighted by Crippen LogP contribution is 2.32. The van der Waals surface area contributed by atoms with Gasteiger partial charge in [0.05, 0.1) is 0 Å². The Labute approximate surface area is 130 Å². The number of piperidine rings is 1. The highest BCUT2D eigenvalue weighted by atomic mass is 16.5. The quantitative estimate of drug-likeness (QED) is 0.833. The van der Waals surface area contributed by atoms with Crippen molar-refractivity contribution >= 4 is 0 Å². The molecular formula is C17H33N3O. The Kier molecular flexibility index (Phi) is 5.54. The van der Waals surface area contributed by atoms with E-state index in [-0.39, 0.29) is 0 Å². The molecule has 4 nitrogen and oxygen atoms in total. The maximum atomic E-state index is 5.63. The highest BCUT2D eigenvalue weighted by Gasteiger charge is 2.37. The monoisotopic (exact) mass is 295 g/mol. The molecule has 0 amide bonds. The Balaban J connectivity index is 1.57. The van der Waals surface area contributed by atoms with Crippen LogP contribution in [0.3, 0.4) is 0 Å². The summed E-state index contributed by atoms with van der Waals surface area (Å²) < 4.78 is 5.63. The molecule has 0 radical (unpaired) electrons. The Morgan fingerprint density at radius 2 is 2.00 bits per heavy atom. The van der Waals surface area contributed by atoms with Gasteiger partial charge in [0.15, 0.2) is 0 Å². The summed E-state index contributed by atoms with van der Waals surface area (Å²) in [7, 11) is 0. The predicted molar refractivity (Wildman–Crippen MR) is 86.7 cm³/mol. The number of ether oxygens (including phenoxy) is 1. The first kappa shape index (κ1) is 15.7. The van der Waals surface area contributed by atoms with Gasteiger partial charge in [-0.1, -0.05) is 13.3 Å². The SMILES string of the molecule is CCNCC1(CN2CCN3CCCCC3C2)CCOCC1. The lowest BCUT2D eigenvalue weighted by Crippen LogP contribution is -2.58. The van der Waals surface area contributed by atoms with Crippen LogP contribution < -0.4 is 5.32 Å². The van der Waals surface area contributed by atoms with Crippen molar-refractivity contribution in [1.29, 1.82) is 0 Å². The molecule has 4 heteroatoms. The third-order valence-electron chi connectivity index (χ3n) is 5.78. The van der Waals surface area contributed by atoms with Crippen LogP contribution >= 0.6 is 0 Å². The molecule has 3 heterocycles. The van der Waals surface area contributed by atoms with Gasteiger partial charge in [-0.15, -0.1) is 0 Å². The van der Waals surface area contributed by atoms with Crippen molar-refractivity contribution in [2.24, 2.45) is 5.41 Å². The van der Waals surface area contributed by atoms with Crippen molar-refractivity contribution in [3.63, 3.8) is 0 Å². The summed E-state index contributed by atoms with van der Waals surface area (Å²) in [5, 5.41) is 3.61. The number of nitrogens with one attached hydrogen (secondary N) is 1. The van der Waals surface area contributed by atoms with Crippen LogP contribution in [0.5, 0.6) is 0 Å². The minimum Gasteiger partial charge on any atom is -0.381 e. The molecule has 0 saturated carbocycles. The molecule has 3 aliphatic rings. The molecule has 122 valence electrons. The first-order chi connectivity index (χ1) is 10.3. The lowest BCUT2D eigenvalue weighted by molar-refractivity contribution is -0.0250. The van der Waals surface area contributed by atoms with E-state index in [1.165, 1.54) is 64.8 Å². The van der Waals surface area contributed by atoms with Gasteiger partial charge in [-0.2, -0.15) is 0 Å². The molecule has 3 aliphatic heterocycles. The predicted octanol–water partition coefficient (Wildman–Crippen LogP) is 1.56. The molecule has 1 unspecified atom stereocenters. The smallest absolute Gasteiger partial charge is 0.0472 e. The summed E-state index contributed by atoms with van der Waals surface area (Å²) in [4.78, 5) is 5.50. The van der Waals surface area contributed by atoms with Crippen LogP contribution in [0.2, 0.25) is 0 Å². The van der Waals surface area contributed by atoms with E-state index >= 15 is 0 Å². The zero-order valence-electron chi connectivity index (χ0n) is 13.8. The van der Waals surface area contributed by atoms with Gasteiger partial charge in [0, 0.05) is 52.0 Å². The van der Waals surface area contributed by atoms with Crippen LogP contribution in [0.25, 0.3) is 0 Å². The third kappa shape index (κ3) is 3.98. The first-order valence-corrected chi connectivity index (χ1v) is 9.06. The normalized spacial score (nSPS) is 31.0. The minimum absolute atomic E-state index is 0.450. The van der Waals surface area contributed by atoms with Gasteiger partial charge in [0.25, 0.3) is 0 Å². The van der Waals surface area contributed by atoms with Crippen LogP contribution in [0, 0.1) is 5.41 Å². The average Bonchev–Trinajstić information content (AvgIpc) is 2.54. The molecule has 0 spiro atoms. The van der Waals surface area contributed by atoms with Gasteiger partial charge >= 0.3 is 0 Å². The fraction of sp³-hybridized carbons (Fsp3) is 1.00. The lowest BCUT2D eigenvalue weighted by atomic mass is 9.79. The van der Waals surface area contributed by atoms with E-state index in [2.05, 4.69) is 22.0 Å². The van der Waals surface area contributed by atoms with E-state index < -0.39 is 0 Å².